The maximum atomic E-state index is 12.8. The molecule has 0 fully saturated rings. The van der Waals surface area contributed by atoms with E-state index in [0.717, 1.165) is 5.56 Å². The zero-order valence-corrected chi connectivity index (χ0v) is 15.0. The van der Waals surface area contributed by atoms with Gasteiger partial charge in [-0.05, 0) is 29.8 Å². The van der Waals surface area contributed by atoms with E-state index in [1.54, 1.807) is 36.4 Å². The van der Waals surface area contributed by atoms with Crippen LogP contribution < -0.4 is 16.2 Å². The number of benzene rings is 2. The monoisotopic (exact) mass is 382 g/mol. The third kappa shape index (κ3) is 5.00. The van der Waals surface area contributed by atoms with Gasteiger partial charge in [0.15, 0.2) is 0 Å². The van der Waals surface area contributed by atoms with Gasteiger partial charge in [0.25, 0.3) is 5.56 Å². The Labute approximate surface area is 160 Å². The number of hydrogen-bond acceptors (Lipinski definition) is 4. The van der Waals surface area contributed by atoms with Crippen molar-refractivity contribution in [1.82, 2.24) is 20.2 Å². The molecule has 0 aliphatic heterocycles. The lowest BCUT2D eigenvalue weighted by Crippen LogP contribution is -2.35. The van der Waals surface area contributed by atoms with Gasteiger partial charge in [-0.15, -0.1) is 0 Å². The van der Waals surface area contributed by atoms with Crippen molar-refractivity contribution in [1.29, 1.82) is 0 Å². The quantitative estimate of drug-likeness (QED) is 0.645. The van der Waals surface area contributed by atoms with Crippen LogP contribution in [0.3, 0.4) is 0 Å². The predicted molar refractivity (Wildman–Crippen MR) is 102 cm³/mol. The van der Waals surface area contributed by atoms with Crippen molar-refractivity contribution in [2.24, 2.45) is 0 Å². The van der Waals surface area contributed by atoms with E-state index in [1.807, 2.05) is 0 Å². The van der Waals surface area contributed by atoms with E-state index in [-0.39, 0.29) is 49.2 Å². The van der Waals surface area contributed by atoms with E-state index < -0.39 is 0 Å². The first kappa shape index (κ1) is 19.2. The number of nitrogens with one attached hydrogen (secondary N) is 2. The van der Waals surface area contributed by atoms with E-state index in [0.29, 0.717) is 10.9 Å². The summed E-state index contributed by atoms with van der Waals surface area (Å²) in [4.78, 5) is 40.3. The SMILES string of the molecule is O=C(CCNC(=O)Cn1cnc2ccccc2c1=O)NCc1ccc(F)cc1. The molecule has 2 aromatic carbocycles. The van der Waals surface area contributed by atoms with Gasteiger partial charge in [-0.25, -0.2) is 9.37 Å². The molecule has 0 unspecified atom stereocenters. The lowest BCUT2D eigenvalue weighted by molar-refractivity contribution is -0.122. The summed E-state index contributed by atoms with van der Waals surface area (Å²) >= 11 is 0. The third-order valence-electron chi connectivity index (χ3n) is 4.12. The first-order valence-electron chi connectivity index (χ1n) is 8.75. The van der Waals surface area contributed by atoms with Crippen LogP contribution in [0.2, 0.25) is 0 Å². The number of para-hydroxylation sites is 1. The van der Waals surface area contributed by atoms with Crippen molar-refractivity contribution in [3.63, 3.8) is 0 Å². The molecule has 0 saturated carbocycles. The molecule has 0 radical (unpaired) electrons. The van der Waals surface area contributed by atoms with Gasteiger partial charge in [-0.3, -0.25) is 19.0 Å². The van der Waals surface area contributed by atoms with Crippen molar-refractivity contribution >= 4 is 22.7 Å². The smallest absolute Gasteiger partial charge is 0.261 e. The molecular formula is C20H19FN4O3. The average molecular weight is 382 g/mol. The van der Waals surface area contributed by atoms with E-state index in [1.165, 1.54) is 23.0 Å². The standard InChI is InChI=1S/C20H19FN4O3/c21-15-7-5-14(6-8-15)11-23-18(26)9-10-22-19(27)12-25-13-24-17-4-2-1-3-16(17)20(25)28/h1-8,13H,9-12H2,(H,22,27)(H,23,26). The normalized spacial score (nSPS) is 10.6. The van der Waals surface area contributed by atoms with E-state index >= 15 is 0 Å². The summed E-state index contributed by atoms with van der Waals surface area (Å²) in [6.45, 7) is 0.253. The van der Waals surface area contributed by atoms with Crippen LogP contribution in [0.15, 0.2) is 59.7 Å². The fourth-order valence-electron chi connectivity index (χ4n) is 2.64. The van der Waals surface area contributed by atoms with Gasteiger partial charge in [0.05, 0.1) is 17.2 Å². The molecule has 0 bridgehead atoms. The van der Waals surface area contributed by atoms with Gasteiger partial charge < -0.3 is 10.6 Å². The fourth-order valence-corrected chi connectivity index (χ4v) is 2.64. The highest BCUT2D eigenvalue weighted by Crippen LogP contribution is 2.04. The van der Waals surface area contributed by atoms with Crippen LogP contribution in [-0.4, -0.2) is 27.9 Å². The summed E-state index contributed by atoms with van der Waals surface area (Å²) in [5.74, 6) is -0.960. The van der Waals surface area contributed by atoms with Gasteiger partial charge >= 0.3 is 0 Å². The van der Waals surface area contributed by atoms with Crippen molar-refractivity contribution < 1.29 is 14.0 Å². The Balaban J connectivity index is 1.44. The largest absolute Gasteiger partial charge is 0.354 e. The Morgan fingerprint density at radius 1 is 1.00 bits per heavy atom. The third-order valence-corrected chi connectivity index (χ3v) is 4.12. The van der Waals surface area contributed by atoms with Crippen LogP contribution in [0.25, 0.3) is 10.9 Å². The highest BCUT2D eigenvalue weighted by Gasteiger charge is 2.08. The first-order valence-corrected chi connectivity index (χ1v) is 8.75. The summed E-state index contributed by atoms with van der Waals surface area (Å²) in [5.41, 5.74) is 1.06. The highest BCUT2D eigenvalue weighted by molar-refractivity contribution is 5.80. The molecule has 2 N–H and O–H groups in total. The fraction of sp³-hybridized carbons (Fsp3) is 0.200. The minimum atomic E-state index is -0.384. The van der Waals surface area contributed by atoms with Crippen LogP contribution in [0.5, 0.6) is 0 Å². The van der Waals surface area contributed by atoms with E-state index in [2.05, 4.69) is 15.6 Å². The van der Waals surface area contributed by atoms with Crippen molar-refractivity contribution in [3.05, 3.63) is 76.6 Å². The molecule has 3 rings (SSSR count). The Morgan fingerprint density at radius 3 is 2.54 bits per heavy atom. The number of halogens is 1. The second kappa shape index (κ2) is 8.90. The number of hydrogen-bond donors (Lipinski definition) is 2. The average Bonchev–Trinajstić information content (AvgIpc) is 2.70. The number of nitrogens with zero attached hydrogens (tertiary/aromatic N) is 2. The van der Waals surface area contributed by atoms with Crippen molar-refractivity contribution in [2.45, 2.75) is 19.5 Å². The molecule has 3 aromatic rings. The zero-order chi connectivity index (χ0) is 19.9. The summed E-state index contributed by atoms with van der Waals surface area (Å²) < 4.78 is 14.1. The number of rotatable bonds is 7. The summed E-state index contributed by atoms with van der Waals surface area (Å²) in [7, 11) is 0. The predicted octanol–water partition coefficient (Wildman–Crippen LogP) is 1.36. The molecule has 144 valence electrons. The second-order valence-corrected chi connectivity index (χ2v) is 6.20. The van der Waals surface area contributed by atoms with Crippen LogP contribution in [-0.2, 0) is 22.7 Å². The highest BCUT2D eigenvalue weighted by atomic mass is 19.1. The van der Waals surface area contributed by atoms with Gasteiger partial charge in [0, 0.05) is 19.5 Å². The minimum absolute atomic E-state index is 0.0950. The second-order valence-electron chi connectivity index (χ2n) is 6.20. The summed E-state index contributed by atoms with van der Waals surface area (Å²) in [5, 5.41) is 5.74. The maximum Gasteiger partial charge on any atom is 0.261 e. The Kier molecular flexibility index (Phi) is 6.11. The Bertz CT molecular complexity index is 1050. The number of aromatic nitrogens is 2. The number of carbonyl (C=O) groups is 2. The van der Waals surface area contributed by atoms with Gasteiger partial charge in [-0.2, -0.15) is 0 Å². The van der Waals surface area contributed by atoms with E-state index in [9.17, 15) is 18.8 Å². The van der Waals surface area contributed by atoms with Crippen LogP contribution >= 0.6 is 0 Å². The van der Waals surface area contributed by atoms with Crippen LogP contribution in [0, 0.1) is 5.82 Å². The number of amides is 2. The number of fused-ring (bicyclic) bond motifs is 1. The molecule has 0 aliphatic rings. The van der Waals surface area contributed by atoms with Crippen LogP contribution in [0.4, 0.5) is 4.39 Å². The topological polar surface area (TPSA) is 93.1 Å². The molecule has 7 nitrogen and oxygen atoms in total. The lowest BCUT2D eigenvalue weighted by Gasteiger charge is -2.08. The molecule has 28 heavy (non-hydrogen) atoms. The zero-order valence-electron chi connectivity index (χ0n) is 15.0. The lowest BCUT2D eigenvalue weighted by atomic mass is 10.2. The Morgan fingerprint density at radius 2 is 1.75 bits per heavy atom. The number of carbonyl (C=O) groups excluding carboxylic acids is 2. The molecule has 0 atom stereocenters. The Hall–Kier alpha value is -3.55. The van der Waals surface area contributed by atoms with E-state index in [4.69, 9.17) is 0 Å². The van der Waals surface area contributed by atoms with Crippen molar-refractivity contribution in [3.8, 4) is 0 Å². The molecule has 1 heterocycles. The van der Waals surface area contributed by atoms with Gasteiger partial charge in [0.1, 0.15) is 12.4 Å². The van der Waals surface area contributed by atoms with Crippen LogP contribution in [0.1, 0.15) is 12.0 Å². The minimum Gasteiger partial charge on any atom is -0.354 e. The van der Waals surface area contributed by atoms with Crippen molar-refractivity contribution in [2.75, 3.05) is 6.54 Å². The molecule has 0 saturated heterocycles. The summed E-state index contributed by atoms with van der Waals surface area (Å²) in [6.07, 6.45) is 1.43. The molecule has 0 spiro atoms. The molecule has 2 amide bonds. The maximum absolute atomic E-state index is 12.8. The first-order chi connectivity index (χ1) is 13.5. The molecule has 1 aromatic heterocycles. The summed E-state index contributed by atoms with van der Waals surface area (Å²) in [6, 6.07) is 12.7. The molecule has 0 aliphatic carbocycles. The molecule has 8 heteroatoms. The van der Waals surface area contributed by atoms with Gasteiger partial charge in [-0.1, -0.05) is 24.3 Å². The van der Waals surface area contributed by atoms with Gasteiger partial charge in [0.2, 0.25) is 11.8 Å². The molecular weight excluding hydrogens is 363 g/mol.